The van der Waals surface area contributed by atoms with Crippen LogP contribution >= 0.6 is 0 Å². The summed E-state index contributed by atoms with van der Waals surface area (Å²) in [6, 6.07) is 31.5. The zero-order chi connectivity index (χ0) is 24.8. The van der Waals surface area contributed by atoms with E-state index in [0.717, 1.165) is 38.6 Å². The fourth-order valence-electron chi connectivity index (χ4n) is 4.95. The van der Waals surface area contributed by atoms with Crippen molar-refractivity contribution in [3.05, 3.63) is 108 Å². The summed E-state index contributed by atoms with van der Waals surface area (Å²) in [6.07, 6.45) is 0. The fourth-order valence-corrected chi connectivity index (χ4v) is 4.95. The summed E-state index contributed by atoms with van der Waals surface area (Å²) >= 11 is 0. The predicted molar refractivity (Wildman–Crippen MR) is 144 cm³/mol. The Morgan fingerprint density at radius 3 is 2.19 bits per heavy atom. The van der Waals surface area contributed by atoms with Crippen LogP contribution in [0.3, 0.4) is 0 Å². The fraction of sp³-hybridized carbons (Fsp3) is 0.0968. The zero-order valence-corrected chi connectivity index (χ0v) is 20.3. The van der Waals surface area contributed by atoms with Crippen LogP contribution in [0, 0.1) is 32.1 Å². The molecule has 0 saturated carbocycles. The maximum atomic E-state index is 9.75. The first-order valence-electron chi connectivity index (χ1n) is 11.9. The van der Waals surface area contributed by atoms with Crippen molar-refractivity contribution in [3.63, 3.8) is 0 Å². The minimum absolute atomic E-state index is 0.581. The lowest BCUT2D eigenvalue weighted by molar-refractivity contribution is 0.926. The van der Waals surface area contributed by atoms with Gasteiger partial charge >= 0.3 is 0 Å². The second kappa shape index (κ2) is 8.44. The van der Waals surface area contributed by atoms with Crippen LogP contribution in [0.25, 0.3) is 50.0 Å². The van der Waals surface area contributed by atoms with Gasteiger partial charge in [0.05, 0.1) is 28.4 Å². The molecule has 0 radical (unpaired) electrons. The van der Waals surface area contributed by atoms with E-state index in [1.807, 2.05) is 38.1 Å². The van der Waals surface area contributed by atoms with Crippen LogP contribution in [0.4, 0.5) is 0 Å². The Hall–Kier alpha value is -4.82. The Kier molecular flexibility index (Phi) is 5.09. The van der Waals surface area contributed by atoms with Gasteiger partial charge in [0.15, 0.2) is 5.82 Å². The summed E-state index contributed by atoms with van der Waals surface area (Å²) in [5, 5.41) is 12.1. The molecule has 5 nitrogen and oxygen atoms in total. The van der Waals surface area contributed by atoms with Crippen molar-refractivity contribution in [2.24, 2.45) is 0 Å². The molecule has 6 aromatic rings. The van der Waals surface area contributed by atoms with Gasteiger partial charge in [0.2, 0.25) is 0 Å². The zero-order valence-electron chi connectivity index (χ0n) is 20.3. The molecule has 0 aliphatic heterocycles. The number of nitriles is 1. The van der Waals surface area contributed by atoms with Crippen LogP contribution < -0.4 is 0 Å². The van der Waals surface area contributed by atoms with E-state index in [9.17, 15) is 5.26 Å². The quantitative estimate of drug-likeness (QED) is 0.280. The number of hydrogen-bond donors (Lipinski definition) is 0. The SMILES string of the molecule is Cc1cccc(-c2ccc3c4ccccc4n(-c4cc(C#N)ccc4-c4nc(C)nc(C)n4)c3c2)c1. The average Bonchev–Trinajstić information content (AvgIpc) is 3.21. The summed E-state index contributed by atoms with van der Waals surface area (Å²) in [7, 11) is 0. The minimum Gasteiger partial charge on any atom is -0.308 e. The molecular formula is C31H23N5. The summed E-state index contributed by atoms with van der Waals surface area (Å²) < 4.78 is 2.23. The number of benzene rings is 4. The molecule has 0 unspecified atom stereocenters. The van der Waals surface area contributed by atoms with Gasteiger partial charge in [0, 0.05) is 16.3 Å². The molecule has 2 heterocycles. The molecule has 172 valence electrons. The van der Waals surface area contributed by atoms with Crippen molar-refractivity contribution < 1.29 is 0 Å². The molecule has 0 amide bonds. The van der Waals surface area contributed by atoms with Crippen LogP contribution in [-0.4, -0.2) is 19.5 Å². The van der Waals surface area contributed by atoms with E-state index >= 15 is 0 Å². The van der Waals surface area contributed by atoms with Gasteiger partial charge in [-0.1, -0.05) is 60.2 Å². The molecule has 5 heteroatoms. The van der Waals surface area contributed by atoms with Gasteiger partial charge in [-0.25, -0.2) is 15.0 Å². The maximum absolute atomic E-state index is 9.75. The third-order valence-corrected chi connectivity index (χ3v) is 6.49. The molecule has 0 saturated heterocycles. The number of nitrogens with zero attached hydrogens (tertiary/aromatic N) is 5. The first-order valence-corrected chi connectivity index (χ1v) is 11.9. The van der Waals surface area contributed by atoms with E-state index in [-0.39, 0.29) is 0 Å². The Balaban J connectivity index is 1.72. The number of aryl methyl sites for hydroxylation is 3. The van der Waals surface area contributed by atoms with Gasteiger partial charge in [0.25, 0.3) is 0 Å². The first-order chi connectivity index (χ1) is 17.5. The topological polar surface area (TPSA) is 67.4 Å². The number of para-hydroxylation sites is 1. The van der Waals surface area contributed by atoms with E-state index in [2.05, 4.69) is 93.2 Å². The van der Waals surface area contributed by atoms with Crippen LogP contribution in [0.2, 0.25) is 0 Å². The molecule has 0 bridgehead atoms. The van der Waals surface area contributed by atoms with Crippen LogP contribution in [0.15, 0.2) is 84.9 Å². The molecule has 6 rings (SSSR count). The molecule has 2 aromatic heterocycles. The van der Waals surface area contributed by atoms with Crippen molar-refractivity contribution in [1.82, 2.24) is 19.5 Å². The van der Waals surface area contributed by atoms with Gasteiger partial charge in [0.1, 0.15) is 11.6 Å². The molecule has 0 aliphatic carbocycles. The molecule has 0 spiro atoms. The maximum Gasteiger partial charge on any atom is 0.165 e. The largest absolute Gasteiger partial charge is 0.308 e. The standard InChI is InChI=1S/C31H23N5/c1-19-7-6-8-23(15-19)24-12-14-26-25-9-4-5-10-28(25)36(30(26)17-24)29-16-22(18-32)11-13-27(29)31-34-20(2)33-21(3)35-31/h4-17H,1-3H3. The van der Waals surface area contributed by atoms with E-state index < -0.39 is 0 Å². The lowest BCUT2D eigenvalue weighted by atomic mass is 10.0. The molecule has 36 heavy (non-hydrogen) atoms. The van der Waals surface area contributed by atoms with Gasteiger partial charge in [-0.2, -0.15) is 5.26 Å². The summed E-state index contributed by atoms with van der Waals surface area (Å²) in [5.41, 5.74) is 7.96. The Morgan fingerprint density at radius 1 is 0.667 bits per heavy atom. The number of hydrogen-bond acceptors (Lipinski definition) is 4. The number of aromatic nitrogens is 4. The van der Waals surface area contributed by atoms with Gasteiger partial charge in [-0.3, -0.25) is 0 Å². The van der Waals surface area contributed by atoms with Crippen molar-refractivity contribution in [2.45, 2.75) is 20.8 Å². The van der Waals surface area contributed by atoms with Crippen LogP contribution in [0.5, 0.6) is 0 Å². The van der Waals surface area contributed by atoms with Crippen LogP contribution in [0.1, 0.15) is 22.8 Å². The average molecular weight is 466 g/mol. The smallest absolute Gasteiger partial charge is 0.165 e. The van der Waals surface area contributed by atoms with Crippen molar-refractivity contribution in [3.8, 4) is 34.3 Å². The highest BCUT2D eigenvalue weighted by Gasteiger charge is 2.18. The Labute approximate surface area is 209 Å². The van der Waals surface area contributed by atoms with Crippen molar-refractivity contribution >= 4 is 21.8 Å². The Morgan fingerprint density at radius 2 is 1.42 bits per heavy atom. The molecule has 4 aromatic carbocycles. The van der Waals surface area contributed by atoms with E-state index in [1.165, 1.54) is 11.1 Å². The summed E-state index contributed by atoms with van der Waals surface area (Å²) in [5.74, 6) is 1.92. The molecular weight excluding hydrogens is 442 g/mol. The predicted octanol–water partition coefficient (Wildman–Crippen LogP) is 7.10. The van der Waals surface area contributed by atoms with Gasteiger partial charge in [-0.15, -0.1) is 0 Å². The van der Waals surface area contributed by atoms with Gasteiger partial charge in [-0.05, 0) is 62.2 Å². The Bertz CT molecular complexity index is 1820. The monoisotopic (exact) mass is 465 g/mol. The third kappa shape index (κ3) is 3.60. The van der Waals surface area contributed by atoms with Crippen LogP contribution in [-0.2, 0) is 0 Å². The van der Waals surface area contributed by atoms with E-state index in [0.29, 0.717) is 23.0 Å². The van der Waals surface area contributed by atoms with Crippen molar-refractivity contribution in [2.75, 3.05) is 0 Å². The molecule has 0 atom stereocenters. The highest BCUT2D eigenvalue weighted by molar-refractivity contribution is 6.10. The summed E-state index contributed by atoms with van der Waals surface area (Å²) in [4.78, 5) is 13.7. The number of fused-ring (bicyclic) bond motifs is 3. The molecule has 0 fully saturated rings. The van der Waals surface area contributed by atoms with E-state index in [1.54, 1.807) is 0 Å². The second-order valence-electron chi connectivity index (χ2n) is 9.05. The normalized spacial score (nSPS) is 11.2. The highest BCUT2D eigenvalue weighted by atomic mass is 15.0. The molecule has 0 aliphatic rings. The van der Waals surface area contributed by atoms with E-state index in [4.69, 9.17) is 0 Å². The molecule has 0 N–H and O–H groups in total. The van der Waals surface area contributed by atoms with Crippen molar-refractivity contribution in [1.29, 1.82) is 5.26 Å². The lowest BCUT2D eigenvalue weighted by Gasteiger charge is -2.14. The number of rotatable bonds is 3. The second-order valence-corrected chi connectivity index (χ2v) is 9.05. The van der Waals surface area contributed by atoms with Gasteiger partial charge < -0.3 is 4.57 Å². The summed E-state index contributed by atoms with van der Waals surface area (Å²) in [6.45, 7) is 5.85. The first kappa shape index (κ1) is 21.7. The minimum atomic E-state index is 0.581. The highest BCUT2D eigenvalue weighted by Crippen LogP contribution is 2.37. The third-order valence-electron chi connectivity index (χ3n) is 6.49. The lowest BCUT2D eigenvalue weighted by Crippen LogP contribution is -2.03.